The molecule has 1 saturated heterocycles. The standard InChI is InChI=1S/C13H11ClF12O2/c1-7(2)3-5(28-6(7)27)4-8(15,16)9(17,18)10(19,20)11(21,22)12(23,24)13(14,25)26/h5H,3-4H2,1-2H3. The van der Waals surface area contributed by atoms with Crippen LogP contribution in [0.4, 0.5) is 52.7 Å². The summed E-state index contributed by atoms with van der Waals surface area (Å²) in [6.07, 6.45) is -5.32. The zero-order valence-electron chi connectivity index (χ0n) is 13.7. The summed E-state index contributed by atoms with van der Waals surface area (Å²) >= 11 is 3.58. The Morgan fingerprint density at radius 2 is 1.25 bits per heavy atom. The summed E-state index contributed by atoms with van der Waals surface area (Å²) in [7, 11) is 0. The molecule has 0 aromatic carbocycles. The first-order chi connectivity index (χ1) is 12.0. The Bertz CT molecular complexity index is 625. The lowest BCUT2D eigenvalue weighted by Crippen LogP contribution is -2.70. The Hall–Kier alpha value is -1.08. The molecule has 0 spiro atoms. The maximum absolute atomic E-state index is 13.7. The van der Waals surface area contributed by atoms with Gasteiger partial charge in [-0.15, -0.1) is 0 Å². The van der Waals surface area contributed by atoms with Crippen molar-refractivity contribution in [3.8, 4) is 0 Å². The Morgan fingerprint density at radius 3 is 1.57 bits per heavy atom. The molecular weight excluding hydrogens is 452 g/mol. The highest BCUT2D eigenvalue weighted by Crippen LogP contribution is 2.61. The number of ether oxygens (including phenoxy) is 1. The molecule has 1 atom stereocenters. The first-order valence-corrected chi connectivity index (χ1v) is 7.50. The number of esters is 1. The van der Waals surface area contributed by atoms with Gasteiger partial charge < -0.3 is 4.74 Å². The zero-order chi connectivity index (χ0) is 22.8. The van der Waals surface area contributed by atoms with Gasteiger partial charge in [-0.1, -0.05) is 0 Å². The number of rotatable bonds is 7. The van der Waals surface area contributed by atoms with Gasteiger partial charge in [0.2, 0.25) is 0 Å². The van der Waals surface area contributed by atoms with E-state index in [1.807, 2.05) is 0 Å². The quantitative estimate of drug-likeness (QED) is 0.275. The maximum Gasteiger partial charge on any atom is 0.393 e. The van der Waals surface area contributed by atoms with Gasteiger partial charge in [0, 0.05) is 6.42 Å². The molecule has 15 heteroatoms. The van der Waals surface area contributed by atoms with Gasteiger partial charge in [0.1, 0.15) is 6.10 Å². The minimum Gasteiger partial charge on any atom is -0.462 e. The summed E-state index contributed by atoms with van der Waals surface area (Å²) < 4.78 is 163. The molecule has 0 amide bonds. The molecule has 2 nitrogen and oxygen atoms in total. The van der Waals surface area contributed by atoms with E-state index >= 15 is 0 Å². The number of halogens is 13. The largest absolute Gasteiger partial charge is 0.462 e. The minimum atomic E-state index is -7.69. The van der Waals surface area contributed by atoms with E-state index in [0.717, 1.165) is 13.8 Å². The summed E-state index contributed by atoms with van der Waals surface area (Å²) in [5.74, 6) is -37.3. The average Bonchev–Trinajstić information content (AvgIpc) is 2.68. The SMILES string of the molecule is CC1(C)CC(CC(F)(F)C(F)(F)C(F)(F)C(F)(F)C(F)(F)C(F)(F)Cl)OC1=O. The summed E-state index contributed by atoms with van der Waals surface area (Å²) in [4.78, 5) is 11.3. The van der Waals surface area contributed by atoms with Crippen molar-refractivity contribution in [2.75, 3.05) is 0 Å². The van der Waals surface area contributed by atoms with Gasteiger partial charge in [-0.3, -0.25) is 4.79 Å². The van der Waals surface area contributed by atoms with Crippen molar-refractivity contribution < 1.29 is 62.2 Å². The Labute approximate surface area is 154 Å². The smallest absolute Gasteiger partial charge is 0.393 e. The van der Waals surface area contributed by atoms with Crippen molar-refractivity contribution in [1.82, 2.24) is 0 Å². The van der Waals surface area contributed by atoms with E-state index in [4.69, 9.17) is 0 Å². The lowest BCUT2D eigenvalue weighted by Gasteiger charge is -2.40. The average molecular weight is 463 g/mol. The van der Waals surface area contributed by atoms with Gasteiger partial charge in [-0.25, -0.2) is 0 Å². The van der Waals surface area contributed by atoms with Crippen LogP contribution in [0.15, 0.2) is 0 Å². The summed E-state index contributed by atoms with van der Waals surface area (Å²) in [5.41, 5.74) is -1.50. The number of cyclic esters (lactones) is 1. The predicted octanol–water partition coefficient (Wildman–Crippen LogP) is 5.73. The molecule has 1 unspecified atom stereocenters. The fourth-order valence-corrected chi connectivity index (χ4v) is 2.45. The van der Waals surface area contributed by atoms with E-state index < -0.39 is 65.3 Å². The highest BCUT2D eigenvalue weighted by molar-refractivity contribution is 6.22. The van der Waals surface area contributed by atoms with Crippen LogP contribution < -0.4 is 0 Å². The summed E-state index contributed by atoms with van der Waals surface area (Å²) in [5, 5.41) is -6.48. The fourth-order valence-electron chi connectivity index (χ4n) is 2.34. The van der Waals surface area contributed by atoms with Crippen LogP contribution in [0.5, 0.6) is 0 Å². The van der Waals surface area contributed by atoms with Crippen LogP contribution in [0, 0.1) is 5.41 Å². The van der Waals surface area contributed by atoms with Gasteiger partial charge in [0.05, 0.1) is 11.8 Å². The third-order valence-electron chi connectivity index (χ3n) is 4.05. The number of alkyl halides is 13. The second kappa shape index (κ2) is 6.46. The van der Waals surface area contributed by atoms with Crippen LogP contribution in [-0.4, -0.2) is 47.1 Å². The predicted molar refractivity (Wildman–Crippen MR) is 68.4 cm³/mol. The molecule has 1 heterocycles. The molecule has 28 heavy (non-hydrogen) atoms. The molecule has 0 aliphatic carbocycles. The molecule has 0 saturated carbocycles. The normalized spacial score (nSPS) is 22.4. The van der Waals surface area contributed by atoms with E-state index in [2.05, 4.69) is 16.3 Å². The third-order valence-corrected chi connectivity index (χ3v) is 4.28. The van der Waals surface area contributed by atoms with E-state index in [9.17, 15) is 57.5 Å². The van der Waals surface area contributed by atoms with Crippen LogP contribution in [0.25, 0.3) is 0 Å². The molecule has 1 fully saturated rings. The topological polar surface area (TPSA) is 26.3 Å². The second-order valence-electron chi connectivity index (χ2n) is 6.82. The zero-order valence-corrected chi connectivity index (χ0v) is 14.5. The van der Waals surface area contributed by atoms with Crippen LogP contribution in [0.1, 0.15) is 26.7 Å². The number of hydrogen-bond donors (Lipinski definition) is 0. The molecule has 0 N–H and O–H groups in total. The Kier molecular flexibility index (Phi) is 5.76. The first kappa shape index (κ1) is 25.0. The molecule has 1 aliphatic rings. The molecular formula is C13H11ClF12O2. The molecule has 166 valence electrons. The van der Waals surface area contributed by atoms with E-state index in [1.54, 1.807) is 0 Å². The van der Waals surface area contributed by atoms with E-state index in [1.165, 1.54) is 0 Å². The first-order valence-electron chi connectivity index (χ1n) is 7.12. The molecule has 1 rings (SSSR count). The number of carbonyl (C=O) groups is 1. The molecule has 0 aromatic rings. The molecule has 0 bridgehead atoms. The number of hydrogen-bond acceptors (Lipinski definition) is 2. The summed E-state index contributed by atoms with van der Waals surface area (Å²) in [6.45, 7) is 2.22. The Balaban J connectivity index is 3.29. The monoisotopic (exact) mass is 462 g/mol. The molecule has 0 aromatic heterocycles. The van der Waals surface area contributed by atoms with Crippen molar-refractivity contribution in [3.05, 3.63) is 0 Å². The fraction of sp³-hybridized carbons (Fsp3) is 0.923. The van der Waals surface area contributed by atoms with Crippen LogP contribution in [0.2, 0.25) is 0 Å². The molecule has 1 aliphatic heterocycles. The summed E-state index contributed by atoms with van der Waals surface area (Å²) in [6, 6.07) is 0. The minimum absolute atomic E-state index is 0.713. The second-order valence-corrected chi connectivity index (χ2v) is 7.29. The highest BCUT2D eigenvalue weighted by atomic mass is 35.5. The van der Waals surface area contributed by atoms with Gasteiger partial charge in [0.15, 0.2) is 0 Å². The maximum atomic E-state index is 13.7. The van der Waals surface area contributed by atoms with Crippen LogP contribution in [0.3, 0.4) is 0 Å². The number of carbonyl (C=O) groups excluding carboxylic acids is 1. The van der Waals surface area contributed by atoms with Gasteiger partial charge in [-0.2, -0.15) is 52.7 Å². The van der Waals surface area contributed by atoms with E-state index in [0.29, 0.717) is 0 Å². The third kappa shape index (κ3) is 3.49. The van der Waals surface area contributed by atoms with Gasteiger partial charge in [0.25, 0.3) is 0 Å². The van der Waals surface area contributed by atoms with Gasteiger partial charge >= 0.3 is 41.0 Å². The molecule has 0 radical (unpaired) electrons. The van der Waals surface area contributed by atoms with Crippen molar-refractivity contribution >= 4 is 17.6 Å². The Morgan fingerprint density at radius 1 is 0.857 bits per heavy atom. The lowest BCUT2D eigenvalue weighted by molar-refractivity contribution is -0.418. The van der Waals surface area contributed by atoms with Crippen molar-refractivity contribution in [2.24, 2.45) is 5.41 Å². The van der Waals surface area contributed by atoms with Crippen LogP contribution >= 0.6 is 11.6 Å². The van der Waals surface area contributed by atoms with Crippen molar-refractivity contribution in [3.63, 3.8) is 0 Å². The van der Waals surface area contributed by atoms with Crippen LogP contribution in [-0.2, 0) is 9.53 Å². The van der Waals surface area contributed by atoms with Crippen molar-refractivity contribution in [1.29, 1.82) is 0 Å². The van der Waals surface area contributed by atoms with Crippen molar-refractivity contribution in [2.45, 2.75) is 67.8 Å². The highest BCUT2D eigenvalue weighted by Gasteiger charge is 2.90. The van der Waals surface area contributed by atoms with Gasteiger partial charge in [-0.05, 0) is 25.4 Å². The van der Waals surface area contributed by atoms with E-state index in [-0.39, 0.29) is 0 Å². The lowest BCUT2D eigenvalue weighted by atomic mass is 9.86.